The number of thioether (sulfide) groups is 1. The number of methoxy groups -OCH3 is 1. The maximum Gasteiger partial charge on any atom is 0.414 e. The lowest BCUT2D eigenvalue weighted by atomic mass is 10.0. The van der Waals surface area contributed by atoms with Crippen LogP contribution in [0.4, 0.5) is 14.7 Å². The van der Waals surface area contributed by atoms with Gasteiger partial charge < -0.3 is 38.6 Å². The molecule has 352 valence electrons. The van der Waals surface area contributed by atoms with E-state index in [9.17, 15) is 24.0 Å². The minimum absolute atomic E-state index is 0.0478. The molecule has 1 aromatic carbocycles. The number of β-lactam (4-membered cyclic amide) rings is 1. The highest BCUT2D eigenvalue weighted by atomic mass is 32.2. The molecule has 0 saturated carbocycles. The molecule has 2 aliphatic heterocycles. The molecule has 2 unspecified atom stereocenters. The number of amides is 4. The van der Waals surface area contributed by atoms with Crippen LogP contribution in [-0.4, -0.2) is 120 Å². The molecule has 6 rings (SSSR count). The summed E-state index contributed by atoms with van der Waals surface area (Å²) < 4.78 is 30.0. The van der Waals surface area contributed by atoms with Crippen molar-refractivity contribution in [3.8, 4) is 5.75 Å². The van der Waals surface area contributed by atoms with Gasteiger partial charge in [0.1, 0.15) is 59.3 Å². The molecular weight excluding hydrogens is 893 g/mol. The van der Waals surface area contributed by atoms with Crippen molar-refractivity contribution < 1.29 is 52.3 Å². The first-order valence-electron chi connectivity index (χ1n) is 21.1. The Balaban J connectivity index is 1.22. The maximum absolute atomic E-state index is 14.2. The van der Waals surface area contributed by atoms with E-state index in [4.69, 9.17) is 28.8 Å². The largest absolute Gasteiger partial charge is 0.497 e. The van der Waals surface area contributed by atoms with E-state index >= 15 is 0 Å². The normalized spacial score (nSPS) is 16.2. The number of esters is 1. The van der Waals surface area contributed by atoms with Gasteiger partial charge in [0.25, 0.3) is 11.8 Å². The van der Waals surface area contributed by atoms with Gasteiger partial charge in [-0.15, -0.1) is 18.3 Å². The highest BCUT2D eigenvalue weighted by Gasteiger charge is 2.55. The number of aromatic nitrogens is 5. The molecule has 2 atom stereocenters. The Morgan fingerprint density at radius 2 is 1.82 bits per heavy atom. The SMILES string of the molecule is C=CCN(CCCn1cnc2c1ccc[n+]2CC1=C(C(=O)OCc2ccc(OC)cc2)N2C(=O)C(NC(=O)/C(=N\OCC)c3nsc(NC(=O)OC(C)(C)C)n3)C2SC1)C(=O)OC(C)(C)C. The van der Waals surface area contributed by atoms with Crippen LogP contribution >= 0.6 is 23.3 Å². The first-order valence-corrected chi connectivity index (χ1v) is 23.0. The average Bonchev–Trinajstić information content (AvgIpc) is 3.90. The molecule has 2 aliphatic rings. The molecule has 2 N–H and O–H groups in total. The monoisotopic (exact) mass is 947 g/mol. The maximum atomic E-state index is 14.2. The third kappa shape index (κ3) is 12.2. The number of nitrogens with zero attached hydrogens (tertiary/aromatic N) is 8. The Labute approximate surface area is 390 Å². The molecule has 1 saturated heterocycles. The predicted molar refractivity (Wildman–Crippen MR) is 245 cm³/mol. The fourth-order valence-corrected chi connectivity index (χ4v) is 8.67. The Morgan fingerprint density at radius 1 is 1.08 bits per heavy atom. The fraction of sp³-hybridized carbons (Fsp3) is 0.455. The summed E-state index contributed by atoms with van der Waals surface area (Å²) in [6, 6.07) is 9.81. The number of pyridine rings is 1. The first kappa shape index (κ1) is 48.9. The summed E-state index contributed by atoms with van der Waals surface area (Å²) in [5.74, 6) is -1.28. The van der Waals surface area contributed by atoms with E-state index in [1.165, 1.54) is 16.7 Å². The molecule has 20 nitrogen and oxygen atoms in total. The third-order valence-electron chi connectivity index (χ3n) is 9.64. The van der Waals surface area contributed by atoms with Crippen LogP contribution in [0, 0.1) is 0 Å². The second kappa shape index (κ2) is 21.2. The molecule has 4 amide bonds. The molecule has 22 heteroatoms. The van der Waals surface area contributed by atoms with Gasteiger partial charge in [0.2, 0.25) is 23.0 Å². The number of carbonyl (C=O) groups excluding carboxylic acids is 5. The molecule has 0 spiro atoms. The molecule has 4 aromatic rings. The highest BCUT2D eigenvalue weighted by Crippen LogP contribution is 2.41. The molecular formula is C44H55N10O10S2+. The van der Waals surface area contributed by atoms with Crippen molar-refractivity contribution in [2.24, 2.45) is 5.16 Å². The van der Waals surface area contributed by atoms with Gasteiger partial charge in [0.15, 0.2) is 0 Å². The Hall–Kier alpha value is -6.55. The van der Waals surface area contributed by atoms with Crippen LogP contribution < -0.4 is 19.9 Å². The van der Waals surface area contributed by atoms with Gasteiger partial charge in [-0.3, -0.25) is 19.8 Å². The van der Waals surface area contributed by atoms with E-state index < -0.39 is 52.6 Å². The van der Waals surface area contributed by atoms with E-state index in [1.54, 1.807) is 76.4 Å². The summed E-state index contributed by atoms with van der Waals surface area (Å²) in [6.07, 6.45) is 4.67. The molecule has 0 bridgehead atoms. The van der Waals surface area contributed by atoms with Gasteiger partial charge in [0, 0.05) is 42.5 Å². The summed E-state index contributed by atoms with van der Waals surface area (Å²) in [5, 5.41) is 8.52. The van der Waals surface area contributed by atoms with Crippen LogP contribution in [0.15, 0.2) is 78.0 Å². The molecule has 66 heavy (non-hydrogen) atoms. The number of oxime groups is 1. The molecule has 0 radical (unpaired) electrons. The van der Waals surface area contributed by atoms with Crippen LogP contribution in [0.3, 0.4) is 0 Å². The summed E-state index contributed by atoms with van der Waals surface area (Å²) in [7, 11) is 1.56. The number of carbonyl (C=O) groups is 5. The third-order valence-corrected chi connectivity index (χ3v) is 11.6. The van der Waals surface area contributed by atoms with Crippen molar-refractivity contribution in [3.63, 3.8) is 0 Å². The smallest absolute Gasteiger partial charge is 0.414 e. The van der Waals surface area contributed by atoms with Gasteiger partial charge in [-0.1, -0.05) is 23.4 Å². The number of benzene rings is 1. The lowest BCUT2D eigenvalue weighted by Crippen LogP contribution is -2.71. The quantitative estimate of drug-likeness (QED) is 0.0250. The summed E-state index contributed by atoms with van der Waals surface area (Å²) in [4.78, 5) is 84.4. The first-order chi connectivity index (χ1) is 31.4. The number of anilines is 1. The second-order valence-corrected chi connectivity index (χ2v) is 18.9. The number of aryl methyl sites for hydroxylation is 1. The van der Waals surface area contributed by atoms with Crippen LogP contribution in [0.2, 0.25) is 0 Å². The average molecular weight is 948 g/mol. The topological polar surface area (TPSA) is 222 Å². The van der Waals surface area contributed by atoms with Crippen LogP contribution in [0.1, 0.15) is 66.3 Å². The number of ether oxygens (including phenoxy) is 4. The number of hydrogen-bond acceptors (Lipinski definition) is 16. The van der Waals surface area contributed by atoms with Crippen molar-refractivity contribution in [2.45, 2.75) is 97.2 Å². The number of hydrogen-bond donors (Lipinski definition) is 2. The van der Waals surface area contributed by atoms with Crippen LogP contribution in [0.5, 0.6) is 5.75 Å². The zero-order chi connectivity index (χ0) is 47.8. The Morgan fingerprint density at radius 3 is 2.50 bits per heavy atom. The number of fused-ring (bicyclic) bond motifs is 2. The molecule has 0 aliphatic carbocycles. The minimum atomic E-state index is -1.07. The van der Waals surface area contributed by atoms with Crippen molar-refractivity contribution in [3.05, 3.63) is 84.2 Å². The lowest BCUT2D eigenvalue weighted by molar-refractivity contribution is -0.664. The van der Waals surface area contributed by atoms with Crippen molar-refractivity contribution in [1.82, 2.24) is 34.0 Å². The van der Waals surface area contributed by atoms with E-state index in [0.29, 0.717) is 54.3 Å². The fourth-order valence-electron chi connectivity index (χ4n) is 6.78. The predicted octanol–water partition coefficient (Wildman–Crippen LogP) is 5.18. The van der Waals surface area contributed by atoms with Gasteiger partial charge in [-0.05, 0) is 89.7 Å². The van der Waals surface area contributed by atoms with Gasteiger partial charge in [-0.2, -0.15) is 9.36 Å². The number of rotatable bonds is 18. The van der Waals surface area contributed by atoms with E-state index in [2.05, 4.69) is 31.7 Å². The summed E-state index contributed by atoms with van der Waals surface area (Å²) >= 11 is 2.17. The number of nitrogens with one attached hydrogen (secondary N) is 2. The zero-order valence-electron chi connectivity index (χ0n) is 38.2. The Kier molecular flexibility index (Phi) is 15.7. The van der Waals surface area contributed by atoms with Gasteiger partial charge >= 0.3 is 23.8 Å². The highest BCUT2D eigenvalue weighted by molar-refractivity contribution is 8.00. The lowest BCUT2D eigenvalue weighted by Gasteiger charge is -2.49. The van der Waals surface area contributed by atoms with Crippen molar-refractivity contribution in [2.75, 3.05) is 37.9 Å². The number of imidazole rings is 1. The van der Waals surface area contributed by atoms with Crippen molar-refractivity contribution in [1.29, 1.82) is 0 Å². The molecule has 1 fully saturated rings. The van der Waals surface area contributed by atoms with E-state index in [1.807, 2.05) is 48.2 Å². The van der Waals surface area contributed by atoms with E-state index in [-0.39, 0.29) is 42.1 Å². The second-order valence-electron chi connectivity index (χ2n) is 17.0. The van der Waals surface area contributed by atoms with E-state index in [0.717, 1.165) is 17.0 Å². The summed E-state index contributed by atoms with van der Waals surface area (Å²) in [5.41, 5.74) is 1.12. The Bertz CT molecular complexity index is 2510. The molecule has 3 aromatic heterocycles. The molecule has 5 heterocycles. The van der Waals surface area contributed by atoms with Gasteiger partial charge in [0.05, 0.1) is 13.3 Å². The summed E-state index contributed by atoms with van der Waals surface area (Å²) in [6.45, 7) is 17.6. The van der Waals surface area contributed by atoms with Crippen LogP contribution in [0.25, 0.3) is 11.2 Å². The van der Waals surface area contributed by atoms with Crippen LogP contribution in [-0.2, 0) is 53.1 Å². The van der Waals surface area contributed by atoms with Crippen molar-refractivity contribution >= 4 is 75.3 Å². The van der Waals surface area contributed by atoms with Gasteiger partial charge in [-0.25, -0.2) is 19.0 Å². The minimum Gasteiger partial charge on any atom is -0.497 e. The standard InChI is InChI=1S/C44H54N10O10S2/c1-10-19-51(42(59)64-44(6,7)8)21-13-22-53-26-45-35-30(53)14-12-20-52(35)23-28-25-65-38-32(37(56)54(38)33(28)39(57)61-24-27-15-17-29(60-9)18-16-27)46-36(55)31(49-62-11-2)34-47-40(66-50-34)48-41(58)63-43(3,4)5/h10,12,14-18,20,26,32,38H,1,11,13,19,21-25H2,2-9H3,(H-,46,47,48,50,55,58)/p+1/b49-31-. The zero-order valence-corrected chi connectivity index (χ0v) is 39.8.